The van der Waals surface area contributed by atoms with E-state index in [4.69, 9.17) is 15.0 Å². The molecule has 1 saturated heterocycles. The van der Waals surface area contributed by atoms with Crippen LogP contribution in [0.15, 0.2) is 17.7 Å². The van der Waals surface area contributed by atoms with E-state index in [1.807, 2.05) is 46.8 Å². The van der Waals surface area contributed by atoms with E-state index in [9.17, 15) is 0 Å². The standard InChI is InChI=1S/C15H23BN2O2S/c1-10-13(17)7-11(8-18-10)6-12(9-21)16-19-14(2,3)15(4,5)20-16/h6-8,21H,9,17H2,1-5H3. The van der Waals surface area contributed by atoms with E-state index in [1.165, 1.54) is 0 Å². The summed E-state index contributed by atoms with van der Waals surface area (Å²) in [4.78, 5) is 4.27. The van der Waals surface area contributed by atoms with Crippen molar-refractivity contribution in [1.82, 2.24) is 4.98 Å². The molecule has 4 nitrogen and oxygen atoms in total. The predicted octanol–water partition coefficient (Wildman–Crippen LogP) is 2.92. The van der Waals surface area contributed by atoms with Crippen LogP contribution in [-0.2, 0) is 9.31 Å². The fourth-order valence-electron chi connectivity index (χ4n) is 2.04. The molecule has 1 aliphatic heterocycles. The fraction of sp³-hybridized carbons (Fsp3) is 0.533. The van der Waals surface area contributed by atoms with E-state index in [2.05, 4.69) is 17.6 Å². The van der Waals surface area contributed by atoms with Crippen LogP contribution in [-0.4, -0.2) is 29.1 Å². The maximum Gasteiger partial charge on any atom is 0.491 e. The highest BCUT2D eigenvalue weighted by molar-refractivity contribution is 7.80. The smallest absolute Gasteiger partial charge is 0.400 e. The van der Waals surface area contributed by atoms with Gasteiger partial charge in [0.15, 0.2) is 0 Å². The summed E-state index contributed by atoms with van der Waals surface area (Å²) in [6, 6.07) is 1.90. The van der Waals surface area contributed by atoms with Crippen molar-refractivity contribution in [2.75, 3.05) is 11.5 Å². The quantitative estimate of drug-likeness (QED) is 0.666. The van der Waals surface area contributed by atoms with Gasteiger partial charge in [0.05, 0.1) is 22.6 Å². The largest absolute Gasteiger partial charge is 0.491 e. The number of nitrogens with zero attached hydrogens (tertiary/aromatic N) is 1. The molecule has 2 N–H and O–H groups in total. The zero-order valence-corrected chi connectivity index (χ0v) is 14.2. The average Bonchev–Trinajstić information content (AvgIpc) is 2.59. The van der Waals surface area contributed by atoms with Crippen LogP contribution in [0.2, 0.25) is 0 Å². The summed E-state index contributed by atoms with van der Waals surface area (Å²) in [7, 11) is -0.393. The zero-order valence-electron chi connectivity index (χ0n) is 13.3. The van der Waals surface area contributed by atoms with Crippen molar-refractivity contribution in [2.24, 2.45) is 0 Å². The van der Waals surface area contributed by atoms with Crippen molar-refractivity contribution in [2.45, 2.75) is 45.8 Å². The number of aromatic nitrogens is 1. The molecule has 0 unspecified atom stereocenters. The molecule has 0 saturated carbocycles. The lowest BCUT2D eigenvalue weighted by atomic mass is 9.78. The van der Waals surface area contributed by atoms with Crippen molar-refractivity contribution in [3.63, 3.8) is 0 Å². The number of nitrogen functional groups attached to an aromatic ring is 1. The van der Waals surface area contributed by atoms with Crippen LogP contribution in [0, 0.1) is 6.92 Å². The van der Waals surface area contributed by atoms with Crippen LogP contribution in [0.1, 0.15) is 39.0 Å². The Morgan fingerprint density at radius 2 is 1.90 bits per heavy atom. The summed E-state index contributed by atoms with van der Waals surface area (Å²) >= 11 is 4.40. The van der Waals surface area contributed by atoms with Crippen LogP contribution >= 0.6 is 12.6 Å². The lowest BCUT2D eigenvalue weighted by Gasteiger charge is -2.32. The lowest BCUT2D eigenvalue weighted by Crippen LogP contribution is -2.41. The third kappa shape index (κ3) is 3.28. The average molecular weight is 306 g/mol. The van der Waals surface area contributed by atoms with Gasteiger partial charge in [-0.1, -0.05) is 6.08 Å². The first kappa shape index (κ1) is 16.4. The molecule has 0 spiro atoms. The second kappa shape index (κ2) is 5.67. The van der Waals surface area contributed by atoms with Crippen molar-refractivity contribution in [1.29, 1.82) is 0 Å². The summed E-state index contributed by atoms with van der Waals surface area (Å²) in [5.41, 5.74) is 8.58. The highest BCUT2D eigenvalue weighted by Gasteiger charge is 2.52. The number of hydrogen-bond donors (Lipinski definition) is 2. The van der Waals surface area contributed by atoms with Gasteiger partial charge in [0.2, 0.25) is 0 Å². The monoisotopic (exact) mass is 306 g/mol. The molecule has 1 aromatic heterocycles. The molecule has 1 aromatic rings. The van der Waals surface area contributed by atoms with E-state index in [-0.39, 0.29) is 11.2 Å². The minimum absolute atomic E-state index is 0.357. The molecule has 2 rings (SSSR count). The van der Waals surface area contributed by atoms with Gasteiger partial charge in [-0.15, -0.1) is 0 Å². The molecule has 0 radical (unpaired) electrons. The van der Waals surface area contributed by atoms with Crippen molar-refractivity contribution in [3.05, 3.63) is 29.0 Å². The van der Waals surface area contributed by atoms with Gasteiger partial charge in [0.25, 0.3) is 0 Å². The number of aryl methyl sites for hydroxylation is 1. The first-order valence-corrected chi connectivity index (χ1v) is 7.68. The normalized spacial score (nSPS) is 20.9. The fourth-order valence-corrected chi connectivity index (χ4v) is 2.28. The number of pyridine rings is 1. The van der Waals surface area contributed by atoms with E-state index < -0.39 is 7.12 Å². The third-order valence-electron chi connectivity index (χ3n) is 4.24. The molecule has 0 atom stereocenters. The first-order valence-electron chi connectivity index (χ1n) is 7.05. The van der Waals surface area contributed by atoms with Gasteiger partial charge in [0.1, 0.15) is 0 Å². The van der Waals surface area contributed by atoms with Gasteiger partial charge in [-0.25, -0.2) is 0 Å². The summed E-state index contributed by atoms with van der Waals surface area (Å²) < 4.78 is 12.1. The number of anilines is 1. The third-order valence-corrected chi connectivity index (χ3v) is 4.60. The summed E-state index contributed by atoms with van der Waals surface area (Å²) in [5, 5.41) is 0. The molecule has 114 valence electrons. The van der Waals surface area contributed by atoms with Crippen molar-refractivity contribution >= 4 is 31.5 Å². The van der Waals surface area contributed by atoms with Gasteiger partial charge < -0.3 is 15.0 Å². The van der Waals surface area contributed by atoms with E-state index in [0.29, 0.717) is 11.4 Å². The molecular formula is C15H23BN2O2S. The van der Waals surface area contributed by atoms with Gasteiger partial charge in [-0.3, -0.25) is 4.98 Å². The van der Waals surface area contributed by atoms with Crippen LogP contribution in [0.4, 0.5) is 5.69 Å². The minimum atomic E-state index is -0.393. The molecule has 6 heteroatoms. The number of hydrogen-bond acceptors (Lipinski definition) is 5. The Labute approximate surface area is 132 Å². The second-order valence-electron chi connectivity index (χ2n) is 6.41. The first-order chi connectivity index (χ1) is 9.66. The SMILES string of the molecule is Cc1ncc(C=C(CS)B2OC(C)(C)C(C)(C)O2)cc1N. The molecule has 0 aliphatic carbocycles. The zero-order chi connectivity index (χ0) is 15.8. The molecule has 1 aliphatic rings. The summed E-state index contributed by atoms with van der Waals surface area (Å²) in [5.74, 6) is 0.546. The number of rotatable bonds is 3. The van der Waals surface area contributed by atoms with Crippen LogP contribution in [0.5, 0.6) is 0 Å². The second-order valence-corrected chi connectivity index (χ2v) is 6.73. The topological polar surface area (TPSA) is 57.4 Å². The van der Waals surface area contributed by atoms with E-state index in [0.717, 1.165) is 16.7 Å². The lowest BCUT2D eigenvalue weighted by molar-refractivity contribution is 0.00578. The van der Waals surface area contributed by atoms with Gasteiger partial charge >= 0.3 is 7.12 Å². The van der Waals surface area contributed by atoms with E-state index >= 15 is 0 Å². The molecule has 0 amide bonds. The Kier molecular flexibility index (Phi) is 4.43. The summed E-state index contributed by atoms with van der Waals surface area (Å²) in [6.45, 7) is 10.0. The molecule has 0 bridgehead atoms. The minimum Gasteiger partial charge on any atom is -0.400 e. The summed E-state index contributed by atoms with van der Waals surface area (Å²) in [6.07, 6.45) is 3.78. The van der Waals surface area contributed by atoms with Gasteiger partial charge in [-0.2, -0.15) is 12.6 Å². The van der Waals surface area contributed by atoms with Crippen molar-refractivity contribution in [3.8, 4) is 0 Å². The van der Waals surface area contributed by atoms with Gasteiger partial charge in [0, 0.05) is 11.9 Å². The van der Waals surface area contributed by atoms with Crippen LogP contribution < -0.4 is 5.73 Å². The maximum atomic E-state index is 6.05. The van der Waals surface area contributed by atoms with Gasteiger partial charge in [-0.05, 0) is 51.7 Å². The predicted molar refractivity (Wildman–Crippen MR) is 91.3 cm³/mol. The maximum absolute atomic E-state index is 6.05. The van der Waals surface area contributed by atoms with E-state index in [1.54, 1.807) is 6.20 Å². The Balaban J connectivity index is 2.28. The number of nitrogens with two attached hydrogens (primary N) is 1. The molecule has 0 aromatic carbocycles. The molecule has 21 heavy (non-hydrogen) atoms. The molecule has 2 heterocycles. The Morgan fingerprint density at radius 3 is 2.38 bits per heavy atom. The Morgan fingerprint density at radius 1 is 1.33 bits per heavy atom. The Hall–Kier alpha value is -0.975. The molecular weight excluding hydrogens is 283 g/mol. The van der Waals surface area contributed by atoms with Crippen LogP contribution in [0.25, 0.3) is 6.08 Å². The number of thiol groups is 1. The molecule has 1 fully saturated rings. The highest BCUT2D eigenvalue weighted by Crippen LogP contribution is 2.39. The van der Waals surface area contributed by atoms with Crippen LogP contribution in [0.3, 0.4) is 0 Å². The highest BCUT2D eigenvalue weighted by atomic mass is 32.1. The Bertz CT molecular complexity index is 557. The van der Waals surface area contributed by atoms with Crippen molar-refractivity contribution < 1.29 is 9.31 Å².